The van der Waals surface area contributed by atoms with Gasteiger partial charge in [-0.1, -0.05) is 11.6 Å². The maximum Gasteiger partial charge on any atom is 0.164 e. The molecule has 1 N–H and O–H groups in total. The van der Waals surface area contributed by atoms with Crippen LogP contribution < -0.4 is 5.32 Å². The fraction of sp³-hybridized carbons (Fsp3) is 0.200. The molecule has 0 amide bonds. The van der Waals surface area contributed by atoms with Gasteiger partial charge < -0.3 is 5.32 Å². The van der Waals surface area contributed by atoms with Crippen LogP contribution in [0.1, 0.15) is 30.8 Å². The van der Waals surface area contributed by atoms with Crippen molar-refractivity contribution in [3.8, 4) is 0 Å². The Morgan fingerprint density at radius 3 is 2.70 bits per heavy atom. The lowest BCUT2D eigenvalue weighted by Gasteiger charge is -2.09. The minimum absolute atomic E-state index is 0.504. The van der Waals surface area contributed by atoms with Crippen LogP contribution >= 0.6 is 0 Å². The number of hydrogen-bond donors (Lipinski definition) is 1. The highest BCUT2D eigenvalue weighted by Gasteiger charge is 2.08. The molecule has 7 nitrogen and oxygen atoms in total. The van der Waals surface area contributed by atoms with Crippen LogP contribution in [0.3, 0.4) is 0 Å². The van der Waals surface area contributed by atoms with Gasteiger partial charge in [-0.15, -0.1) is 0 Å². The fourth-order valence-corrected chi connectivity index (χ4v) is 2.41. The molecule has 0 aliphatic rings. The van der Waals surface area contributed by atoms with E-state index in [9.17, 15) is 0 Å². The molecular formula is C20H21N7. The molecule has 3 rings (SSSR count). The van der Waals surface area contributed by atoms with Crippen molar-refractivity contribution in [1.82, 2.24) is 25.1 Å². The third-order valence-corrected chi connectivity index (χ3v) is 3.82. The zero-order valence-electron chi connectivity index (χ0n) is 15.6. The van der Waals surface area contributed by atoms with Crippen LogP contribution in [0, 0.1) is 6.92 Å². The summed E-state index contributed by atoms with van der Waals surface area (Å²) in [5, 5.41) is 12.3. The molecule has 0 bridgehead atoms. The molecule has 0 spiro atoms. The Labute approximate surface area is 158 Å². The second-order valence-electron chi connectivity index (χ2n) is 6.29. The van der Waals surface area contributed by atoms with Crippen LogP contribution in [-0.2, 0) is 6.54 Å². The average molecular weight is 359 g/mol. The van der Waals surface area contributed by atoms with Crippen LogP contribution in [0.2, 0.25) is 0 Å². The van der Waals surface area contributed by atoms with E-state index in [-0.39, 0.29) is 0 Å². The second-order valence-corrected chi connectivity index (χ2v) is 6.29. The molecule has 3 heterocycles. The maximum absolute atomic E-state index is 4.44. The Morgan fingerprint density at radius 2 is 2.00 bits per heavy atom. The van der Waals surface area contributed by atoms with Gasteiger partial charge in [0.2, 0.25) is 0 Å². The molecule has 0 aliphatic carbocycles. The predicted octanol–water partition coefficient (Wildman–Crippen LogP) is 3.74. The summed E-state index contributed by atoms with van der Waals surface area (Å²) >= 11 is 0. The Bertz CT molecular complexity index is 1020. The van der Waals surface area contributed by atoms with E-state index in [2.05, 4.69) is 42.2 Å². The average Bonchev–Trinajstić information content (AvgIpc) is 2.67. The van der Waals surface area contributed by atoms with E-state index in [0.717, 1.165) is 28.0 Å². The van der Waals surface area contributed by atoms with Crippen molar-refractivity contribution in [2.75, 3.05) is 5.32 Å². The standard InChI is InChI=1S/C20H21N7/c1-13(2)5-8-18(21-4)15-9-17-19(22-10-15)24-12-25-20(17)23-11-16-7-6-14(3)26-27-16/h5-10,12H,4,11H2,1-3H3,(H,22,23,24,25)/b18-8-. The van der Waals surface area contributed by atoms with Crippen LogP contribution in [0.4, 0.5) is 5.82 Å². The molecule has 0 saturated carbocycles. The summed E-state index contributed by atoms with van der Waals surface area (Å²) in [6.45, 7) is 10.1. The second kappa shape index (κ2) is 8.27. The van der Waals surface area contributed by atoms with Gasteiger partial charge in [0.05, 0.1) is 29.0 Å². The summed E-state index contributed by atoms with van der Waals surface area (Å²) in [5.74, 6) is 0.683. The van der Waals surface area contributed by atoms with Gasteiger partial charge in [0.15, 0.2) is 5.65 Å². The highest BCUT2D eigenvalue weighted by molar-refractivity contribution is 5.89. The molecule has 0 aliphatic heterocycles. The lowest BCUT2D eigenvalue weighted by molar-refractivity contribution is 0.895. The van der Waals surface area contributed by atoms with Gasteiger partial charge in [0, 0.05) is 11.8 Å². The number of allylic oxidation sites excluding steroid dienone is 3. The highest BCUT2D eigenvalue weighted by atomic mass is 15.1. The molecule has 0 radical (unpaired) electrons. The molecule has 0 unspecified atom stereocenters. The van der Waals surface area contributed by atoms with Crippen molar-refractivity contribution in [3.63, 3.8) is 0 Å². The van der Waals surface area contributed by atoms with Crippen LogP contribution in [0.25, 0.3) is 16.7 Å². The molecule has 0 atom stereocenters. The van der Waals surface area contributed by atoms with E-state index < -0.39 is 0 Å². The Hall–Kier alpha value is -3.48. The van der Waals surface area contributed by atoms with Gasteiger partial charge in [0.25, 0.3) is 0 Å². The lowest BCUT2D eigenvalue weighted by atomic mass is 10.1. The third kappa shape index (κ3) is 4.58. The van der Waals surface area contributed by atoms with Crippen molar-refractivity contribution in [1.29, 1.82) is 0 Å². The van der Waals surface area contributed by atoms with Crippen LogP contribution in [0.15, 0.2) is 53.4 Å². The largest absolute Gasteiger partial charge is 0.364 e. The maximum atomic E-state index is 4.44. The van der Waals surface area contributed by atoms with E-state index in [1.807, 2.05) is 51.1 Å². The molecule has 0 aromatic carbocycles. The minimum Gasteiger partial charge on any atom is -0.364 e. The van der Waals surface area contributed by atoms with Crippen LogP contribution in [0.5, 0.6) is 0 Å². The summed E-state index contributed by atoms with van der Waals surface area (Å²) in [6.07, 6.45) is 7.14. The number of anilines is 1. The summed E-state index contributed by atoms with van der Waals surface area (Å²) in [4.78, 5) is 17.1. The van der Waals surface area contributed by atoms with E-state index in [1.165, 1.54) is 11.9 Å². The Kier molecular flexibility index (Phi) is 5.61. The monoisotopic (exact) mass is 359 g/mol. The zero-order chi connectivity index (χ0) is 19.2. The molecule has 3 aromatic rings. The number of aryl methyl sites for hydroxylation is 1. The molecule has 3 aromatic heterocycles. The molecule has 136 valence electrons. The number of pyridine rings is 1. The van der Waals surface area contributed by atoms with Crippen molar-refractivity contribution in [3.05, 3.63) is 65.4 Å². The van der Waals surface area contributed by atoms with E-state index in [4.69, 9.17) is 0 Å². The lowest BCUT2D eigenvalue weighted by Crippen LogP contribution is -2.06. The number of nitrogens with zero attached hydrogens (tertiary/aromatic N) is 6. The molecular weight excluding hydrogens is 338 g/mol. The van der Waals surface area contributed by atoms with E-state index in [0.29, 0.717) is 18.0 Å². The summed E-state index contributed by atoms with van der Waals surface area (Å²) in [5.41, 5.74) is 5.08. The zero-order valence-corrected chi connectivity index (χ0v) is 15.6. The number of rotatable bonds is 6. The summed E-state index contributed by atoms with van der Waals surface area (Å²) < 4.78 is 0. The molecule has 0 saturated heterocycles. The van der Waals surface area contributed by atoms with Gasteiger partial charge in [-0.05, 0) is 51.8 Å². The van der Waals surface area contributed by atoms with Gasteiger partial charge in [-0.3, -0.25) is 4.99 Å². The first kappa shape index (κ1) is 18.3. The van der Waals surface area contributed by atoms with Crippen molar-refractivity contribution >= 4 is 29.3 Å². The fourth-order valence-electron chi connectivity index (χ4n) is 2.41. The highest BCUT2D eigenvalue weighted by Crippen LogP contribution is 2.23. The van der Waals surface area contributed by atoms with Gasteiger partial charge in [-0.2, -0.15) is 10.2 Å². The number of aliphatic imine (C=N–C) groups is 1. The first-order valence-corrected chi connectivity index (χ1v) is 8.53. The normalized spacial score (nSPS) is 11.3. The Morgan fingerprint density at radius 1 is 1.15 bits per heavy atom. The first-order valence-electron chi connectivity index (χ1n) is 8.53. The topological polar surface area (TPSA) is 88.8 Å². The van der Waals surface area contributed by atoms with Crippen molar-refractivity contribution < 1.29 is 0 Å². The van der Waals surface area contributed by atoms with Gasteiger partial charge in [0.1, 0.15) is 12.1 Å². The quantitative estimate of drug-likeness (QED) is 0.533. The van der Waals surface area contributed by atoms with E-state index in [1.54, 1.807) is 6.20 Å². The number of fused-ring (bicyclic) bond motifs is 1. The predicted molar refractivity (Wildman–Crippen MR) is 108 cm³/mol. The van der Waals surface area contributed by atoms with Crippen LogP contribution in [-0.4, -0.2) is 31.9 Å². The number of nitrogens with one attached hydrogen (secondary N) is 1. The van der Waals surface area contributed by atoms with Crippen molar-refractivity contribution in [2.24, 2.45) is 4.99 Å². The number of aromatic nitrogens is 5. The van der Waals surface area contributed by atoms with E-state index >= 15 is 0 Å². The SMILES string of the molecule is C=N/C(=C\C=C(C)C)c1cnc2ncnc(NCc3ccc(C)nn3)c2c1. The Balaban J connectivity index is 1.94. The summed E-state index contributed by atoms with van der Waals surface area (Å²) in [7, 11) is 0. The number of hydrogen-bond acceptors (Lipinski definition) is 7. The molecule has 7 heteroatoms. The van der Waals surface area contributed by atoms with Crippen molar-refractivity contribution in [2.45, 2.75) is 27.3 Å². The smallest absolute Gasteiger partial charge is 0.164 e. The third-order valence-electron chi connectivity index (χ3n) is 3.82. The molecule has 0 fully saturated rings. The van der Waals surface area contributed by atoms with Gasteiger partial charge >= 0.3 is 0 Å². The molecule has 27 heavy (non-hydrogen) atoms. The first-order chi connectivity index (χ1) is 13.1. The minimum atomic E-state index is 0.504. The van der Waals surface area contributed by atoms with Gasteiger partial charge in [-0.25, -0.2) is 15.0 Å². The summed E-state index contributed by atoms with van der Waals surface area (Å²) in [6, 6.07) is 5.83.